The summed E-state index contributed by atoms with van der Waals surface area (Å²) in [7, 11) is 0. The van der Waals surface area contributed by atoms with Crippen molar-refractivity contribution in [2.75, 3.05) is 6.54 Å². The van der Waals surface area contributed by atoms with Gasteiger partial charge in [-0.2, -0.15) is 5.06 Å². The first-order chi connectivity index (χ1) is 10.7. The molecule has 130 valence electrons. The van der Waals surface area contributed by atoms with Gasteiger partial charge in [0, 0.05) is 0 Å². The van der Waals surface area contributed by atoms with E-state index in [4.69, 9.17) is 9.57 Å². The number of hydroxylamine groups is 2. The molecule has 0 aliphatic heterocycles. The van der Waals surface area contributed by atoms with E-state index in [1.165, 1.54) is 5.06 Å². The number of benzene rings is 1. The molecule has 1 rings (SSSR count). The first-order valence-corrected chi connectivity index (χ1v) is 8.42. The molecule has 0 radical (unpaired) electrons. The summed E-state index contributed by atoms with van der Waals surface area (Å²) < 4.78 is 5.59. The van der Waals surface area contributed by atoms with Crippen LogP contribution in [0.25, 0.3) is 0 Å². The molecule has 0 atom stereocenters. The minimum absolute atomic E-state index is 0.411. The van der Waals surface area contributed by atoms with Gasteiger partial charge in [-0.3, -0.25) is 4.84 Å². The van der Waals surface area contributed by atoms with E-state index in [1.807, 2.05) is 71.9 Å². The molecule has 0 aliphatic carbocycles. The topological polar surface area (TPSA) is 38.8 Å². The Bertz CT molecular complexity index is 483. The molecule has 0 heterocycles. The van der Waals surface area contributed by atoms with Gasteiger partial charge in [0.2, 0.25) is 0 Å². The van der Waals surface area contributed by atoms with Gasteiger partial charge in [0.25, 0.3) is 0 Å². The zero-order valence-electron chi connectivity index (χ0n) is 15.4. The van der Waals surface area contributed by atoms with Crippen molar-refractivity contribution in [1.82, 2.24) is 5.06 Å². The van der Waals surface area contributed by atoms with Crippen LogP contribution < -0.4 is 0 Å². The lowest BCUT2D eigenvalue weighted by Gasteiger charge is -2.33. The van der Waals surface area contributed by atoms with Crippen LogP contribution in [0.4, 0.5) is 4.79 Å². The van der Waals surface area contributed by atoms with Gasteiger partial charge in [-0.1, -0.05) is 44.2 Å². The van der Waals surface area contributed by atoms with Crippen LogP contribution in [0.2, 0.25) is 0 Å². The van der Waals surface area contributed by atoms with Crippen LogP contribution >= 0.6 is 0 Å². The molecule has 4 heteroatoms. The third kappa shape index (κ3) is 7.04. The van der Waals surface area contributed by atoms with E-state index in [2.05, 4.69) is 0 Å². The van der Waals surface area contributed by atoms with E-state index in [-0.39, 0.29) is 0 Å². The molecule has 0 aromatic heterocycles. The van der Waals surface area contributed by atoms with Gasteiger partial charge < -0.3 is 4.74 Å². The molecule has 0 spiro atoms. The maximum absolute atomic E-state index is 12.5. The van der Waals surface area contributed by atoms with Crippen LogP contribution in [-0.4, -0.2) is 28.9 Å². The largest absolute Gasteiger partial charge is 0.442 e. The first-order valence-electron chi connectivity index (χ1n) is 8.42. The molecular formula is C19H31NO3. The fourth-order valence-corrected chi connectivity index (χ4v) is 1.77. The normalized spacial score (nSPS) is 12.1. The maximum Gasteiger partial charge on any atom is 0.434 e. The molecular weight excluding hydrogens is 290 g/mol. The summed E-state index contributed by atoms with van der Waals surface area (Å²) >= 11 is 0. The van der Waals surface area contributed by atoms with Crippen molar-refractivity contribution >= 4 is 6.09 Å². The Morgan fingerprint density at radius 3 is 2.09 bits per heavy atom. The molecule has 1 aromatic rings. The fourth-order valence-electron chi connectivity index (χ4n) is 1.77. The van der Waals surface area contributed by atoms with Gasteiger partial charge in [-0.15, -0.1) is 0 Å². The molecule has 0 fully saturated rings. The molecule has 0 bridgehead atoms. The average molecular weight is 321 g/mol. The van der Waals surface area contributed by atoms with Gasteiger partial charge in [0.15, 0.2) is 0 Å². The Morgan fingerprint density at radius 2 is 1.57 bits per heavy atom. The number of amides is 1. The minimum atomic E-state index is -0.498. The van der Waals surface area contributed by atoms with Crippen molar-refractivity contribution in [2.45, 2.75) is 72.0 Å². The van der Waals surface area contributed by atoms with Crippen molar-refractivity contribution < 1.29 is 14.4 Å². The molecule has 23 heavy (non-hydrogen) atoms. The van der Waals surface area contributed by atoms with Gasteiger partial charge >= 0.3 is 6.09 Å². The zero-order valence-corrected chi connectivity index (χ0v) is 15.4. The summed E-state index contributed by atoms with van der Waals surface area (Å²) in [5.74, 6) is 0. The summed E-state index contributed by atoms with van der Waals surface area (Å²) in [5.41, 5.74) is 0.256. The fraction of sp³-hybridized carbons (Fsp3) is 0.632. The second kappa shape index (κ2) is 8.34. The molecule has 0 N–H and O–H groups in total. The molecule has 0 aliphatic rings. The minimum Gasteiger partial charge on any atom is -0.442 e. The highest BCUT2D eigenvalue weighted by Crippen LogP contribution is 2.20. The average Bonchev–Trinajstić information content (AvgIpc) is 2.52. The van der Waals surface area contributed by atoms with Crippen LogP contribution in [0.1, 0.15) is 59.9 Å². The smallest absolute Gasteiger partial charge is 0.434 e. The summed E-state index contributed by atoms with van der Waals surface area (Å²) in [5, 5.41) is 1.37. The van der Waals surface area contributed by atoms with Gasteiger partial charge in [0.1, 0.15) is 5.60 Å². The van der Waals surface area contributed by atoms with Gasteiger partial charge in [-0.25, -0.2) is 4.79 Å². The number of carbonyl (C=O) groups excluding carboxylic acids is 1. The Labute approximate surface area is 140 Å². The van der Waals surface area contributed by atoms with Crippen LogP contribution in [0, 0.1) is 0 Å². The maximum atomic E-state index is 12.5. The molecule has 4 nitrogen and oxygen atoms in total. The molecule has 0 unspecified atom stereocenters. The van der Waals surface area contributed by atoms with E-state index < -0.39 is 17.3 Å². The highest BCUT2D eigenvalue weighted by molar-refractivity contribution is 5.66. The lowest BCUT2D eigenvalue weighted by molar-refractivity contribution is -0.218. The van der Waals surface area contributed by atoms with Gasteiger partial charge in [-0.05, 0) is 52.5 Å². The Balaban J connectivity index is 2.78. The van der Waals surface area contributed by atoms with E-state index in [1.54, 1.807) is 0 Å². The Kier molecular flexibility index (Phi) is 7.07. The highest BCUT2D eigenvalue weighted by atomic mass is 16.7. The zero-order chi connectivity index (χ0) is 17.5. The standard InChI is InChI=1S/C19H31NO3/c1-7-18(3,4)22-17(21)20(23-19(5,6)8-2)15-14-16-12-10-9-11-13-16/h9-13H,7-8,14-15H2,1-6H3. The second-order valence-electron chi connectivity index (χ2n) is 7.02. The molecule has 1 amide bonds. The third-order valence-electron chi connectivity index (χ3n) is 4.07. The number of nitrogens with zero attached hydrogens (tertiary/aromatic N) is 1. The summed E-state index contributed by atoms with van der Waals surface area (Å²) in [6, 6.07) is 10.1. The summed E-state index contributed by atoms with van der Waals surface area (Å²) in [6.45, 7) is 12.3. The Morgan fingerprint density at radius 1 is 1.00 bits per heavy atom. The quantitative estimate of drug-likeness (QED) is 0.634. The van der Waals surface area contributed by atoms with Crippen molar-refractivity contribution in [3.63, 3.8) is 0 Å². The van der Waals surface area contributed by atoms with Gasteiger partial charge in [0.05, 0.1) is 12.1 Å². The highest BCUT2D eigenvalue weighted by Gasteiger charge is 2.29. The van der Waals surface area contributed by atoms with Crippen LogP contribution in [0.15, 0.2) is 30.3 Å². The van der Waals surface area contributed by atoms with Crippen molar-refractivity contribution in [2.24, 2.45) is 0 Å². The van der Waals surface area contributed by atoms with E-state index in [0.29, 0.717) is 6.54 Å². The Hall–Kier alpha value is -1.55. The van der Waals surface area contributed by atoms with Crippen molar-refractivity contribution in [3.05, 3.63) is 35.9 Å². The molecule has 1 aromatic carbocycles. The first kappa shape index (κ1) is 19.5. The van der Waals surface area contributed by atoms with E-state index >= 15 is 0 Å². The van der Waals surface area contributed by atoms with Crippen molar-refractivity contribution in [3.8, 4) is 0 Å². The molecule has 0 saturated carbocycles. The predicted molar refractivity (Wildman–Crippen MR) is 93.2 cm³/mol. The lowest BCUT2D eigenvalue weighted by atomic mass is 10.1. The van der Waals surface area contributed by atoms with Crippen LogP contribution in [-0.2, 0) is 16.0 Å². The summed E-state index contributed by atoms with van der Waals surface area (Å²) in [4.78, 5) is 18.4. The SMILES string of the molecule is CCC(C)(C)OC(=O)N(CCc1ccccc1)OC(C)(C)CC. The van der Waals surface area contributed by atoms with E-state index in [9.17, 15) is 4.79 Å². The van der Waals surface area contributed by atoms with Crippen LogP contribution in [0.3, 0.4) is 0 Å². The molecule has 0 saturated heterocycles. The van der Waals surface area contributed by atoms with E-state index in [0.717, 1.165) is 24.8 Å². The van der Waals surface area contributed by atoms with Crippen LogP contribution in [0.5, 0.6) is 0 Å². The monoisotopic (exact) mass is 321 g/mol. The number of ether oxygens (including phenoxy) is 1. The third-order valence-corrected chi connectivity index (χ3v) is 4.07. The second-order valence-corrected chi connectivity index (χ2v) is 7.02. The predicted octanol–water partition coefficient (Wildman–Crippen LogP) is 4.98. The number of hydrogen-bond donors (Lipinski definition) is 0. The number of hydrogen-bond acceptors (Lipinski definition) is 3. The lowest BCUT2D eigenvalue weighted by Crippen LogP contribution is -2.43. The number of carbonyl (C=O) groups is 1. The summed E-state index contributed by atoms with van der Waals surface area (Å²) in [6.07, 6.45) is 1.86. The number of rotatable bonds is 8. The van der Waals surface area contributed by atoms with Crippen molar-refractivity contribution in [1.29, 1.82) is 0 Å².